The average molecular weight is 228 g/mol. The number of carbonyl (C=O) groups excluding carboxylic acids is 2. The second-order valence-electron chi connectivity index (χ2n) is 3.93. The Hall–Kier alpha value is -1.36. The van der Waals surface area contributed by atoms with Gasteiger partial charge in [0, 0.05) is 0 Å². The third-order valence-corrected chi connectivity index (χ3v) is 1.83. The van der Waals surface area contributed by atoms with Crippen molar-refractivity contribution in [1.29, 1.82) is 0 Å². The number of nitrogens with one attached hydrogen (secondary N) is 1. The summed E-state index contributed by atoms with van der Waals surface area (Å²) in [6.07, 6.45) is 2.05. The van der Waals surface area contributed by atoms with Gasteiger partial charge in [0.15, 0.2) is 0 Å². The molecule has 5 nitrogen and oxygen atoms in total. The first-order valence-electron chi connectivity index (χ1n) is 5.27. The number of rotatable bonds is 7. The summed E-state index contributed by atoms with van der Waals surface area (Å²) in [5, 5.41) is 2.42. The van der Waals surface area contributed by atoms with Gasteiger partial charge in [-0.15, -0.1) is 0 Å². The van der Waals surface area contributed by atoms with Gasteiger partial charge in [-0.25, -0.2) is 0 Å². The largest absolute Gasteiger partial charge is 0.460 e. The summed E-state index contributed by atoms with van der Waals surface area (Å²) in [5.41, 5.74) is 5.62. The van der Waals surface area contributed by atoms with Crippen LogP contribution in [0.2, 0.25) is 0 Å². The van der Waals surface area contributed by atoms with E-state index in [2.05, 4.69) is 16.6 Å². The zero-order valence-corrected chi connectivity index (χ0v) is 9.86. The lowest BCUT2D eigenvalue weighted by Crippen LogP contribution is -2.43. The van der Waals surface area contributed by atoms with E-state index in [-0.39, 0.29) is 19.1 Å². The highest BCUT2D eigenvalue weighted by Gasteiger charge is 2.15. The van der Waals surface area contributed by atoms with E-state index < -0.39 is 12.0 Å². The molecule has 0 bridgehead atoms. The molecule has 0 spiro atoms. The molecule has 0 unspecified atom stereocenters. The van der Waals surface area contributed by atoms with Crippen molar-refractivity contribution in [1.82, 2.24) is 5.32 Å². The second-order valence-corrected chi connectivity index (χ2v) is 3.93. The second kappa shape index (κ2) is 7.87. The molecule has 0 aromatic heterocycles. The molecule has 0 aliphatic carbocycles. The molecule has 16 heavy (non-hydrogen) atoms. The van der Waals surface area contributed by atoms with E-state index >= 15 is 0 Å². The Balaban J connectivity index is 3.79. The van der Waals surface area contributed by atoms with E-state index in [0.29, 0.717) is 12.3 Å². The summed E-state index contributed by atoms with van der Waals surface area (Å²) in [5.74, 6) is -0.484. The van der Waals surface area contributed by atoms with Gasteiger partial charge in [0.25, 0.3) is 0 Å². The number of ether oxygens (including phenoxy) is 1. The van der Waals surface area contributed by atoms with Crippen molar-refractivity contribution < 1.29 is 14.3 Å². The fraction of sp³-hybridized carbons (Fsp3) is 0.636. The molecule has 0 saturated heterocycles. The number of hydrogen-bond donors (Lipinski definition) is 2. The van der Waals surface area contributed by atoms with E-state index in [1.807, 2.05) is 13.8 Å². The predicted molar refractivity (Wildman–Crippen MR) is 61.6 cm³/mol. The molecular weight excluding hydrogens is 208 g/mol. The van der Waals surface area contributed by atoms with Crippen molar-refractivity contribution in [2.75, 3.05) is 13.2 Å². The molecule has 0 aliphatic heterocycles. The van der Waals surface area contributed by atoms with Crippen LogP contribution in [0.5, 0.6) is 0 Å². The van der Waals surface area contributed by atoms with Crippen LogP contribution in [0.25, 0.3) is 0 Å². The SMILES string of the molecule is C=CCOC(=O)CNC(=O)[C@@H](N)CC(C)C. The van der Waals surface area contributed by atoms with Crippen LogP contribution in [0.1, 0.15) is 20.3 Å². The molecule has 1 amide bonds. The fourth-order valence-corrected chi connectivity index (χ4v) is 1.11. The van der Waals surface area contributed by atoms with Crippen LogP contribution >= 0.6 is 0 Å². The van der Waals surface area contributed by atoms with Crippen molar-refractivity contribution >= 4 is 11.9 Å². The number of carbonyl (C=O) groups is 2. The smallest absolute Gasteiger partial charge is 0.325 e. The first-order valence-corrected chi connectivity index (χ1v) is 5.27. The van der Waals surface area contributed by atoms with Crippen molar-refractivity contribution in [2.45, 2.75) is 26.3 Å². The fourth-order valence-electron chi connectivity index (χ4n) is 1.11. The maximum absolute atomic E-state index is 11.4. The molecule has 0 radical (unpaired) electrons. The van der Waals surface area contributed by atoms with Crippen molar-refractivity contribution in [3.05, 3.63) is 12.7 Å². The molecule has 0 aromatic rings. The summed E-state index contributed by atoms with van der Waals surface area (Å²) in [7, 11) is 0. The summed E-state index contributed by atoms with van der Waals surface area (Å²) >= 11 is 0. The van der Waals surface area contributed by atoms with E-state index in [9.17, 15) is 9.59 Å². The summed E-state index contributed by atoms with van der Waals surface area (Å²) in [4.78, 5) is 22.4. The monoisotopic (exact) mass is 228 g/mol. The van der Waals surface area contributed by atoms with Gasteiger partial charge in [0.2, 0.25) is 5.91 Å². The van der Waals surface area contributed by atoms with Crippen LogP contribution in [-0.2, 0) is 14.3 Å². The molecule has 0 saturated carbocycles. The first-order chi connectivity index (χ1) is 7.47. The minimum absolute atomic E-state index is 0.146. The molecule has 92 valence electrons. The average Bonchev–Trinajstić information content (AvgIpc) is 2.21. The van der Waals surface area contributed by atoms with Crippen LogP contribution in [0, 0.1) is 5.92 Å². The molecule has 0 aromatic carbocycles. The van der Waals surface area contributed by atoms with E-state index in [4.69, 9.17) is 5.73 Å². The first kappa shape index (κ1) is 14.6. The van der Waals surface area contributed by atoms with Crippen LogP contribution in [-0.4, -0.2) is 31.1 Å². The molecule has 0 heterocycles. The lowest BCUT2D eigenvalue weighted by molar-refractivity contribution is -0.142. The minimum atomic E-state index is -0.577. The lowest BCUT2D eigenvalue weighted by atomic mass is 10.0. The van der Waals surface area contributed by atoms with Gasteiger partial charge < -0.3 is 15.8 Å². The van der Waals surface area contributed by atoms with Gasteiger partial charge in [-0.3, -0.25) is 9.59 Å². The quantitative estimate of drug-likeness (QED) is 0.482. The van der Waals surface area contributed by atoms with Crippen LogP contribution in [0.3, 0.4) is 0 Å². The van der Waals surface area contributed by atoms with Gasteiger partial charge in [-0.1, -0.05) is 26.5 Å². The molecule has 3 N–H and O–H groups in total. The van der Waals surface area contributed by atoms with Crippen molar-refractivity contribution in [2.24, 2.45) is 11.7 Å². The number of amides is 1. The van der Waals surface area contributed by atoms with Crippen LogP contribution < -0.4 is 11.1 Å². The normalized spacial score (nSPS) is 12.0. The Morgan fingerprint density at radius 1 is 1.50 bits per heavy atom. The predicted octanol–water partition coefficient (Wildman–Crippen LogP) is 0.205. The Morgan fingerprint density at radius 3 is 2.62 bits per heavy atom. The van der Waals surface area contributed by atoms with Gasteiger partial charge in [0.1, 0.15) is 13.2 Å². The molecule has 5 heteroatoms. The maximum Gasteiger partial charge on any atom is 0.325 e. The third-order valence-electron chi connectivity index (χ3n) is 1.83. The topological polar surface area (TPSA) is 81.4 Å². The molecule has 0 aliphatic rings. The standard InChI is InChI=1S/C11H20N2O3/c1-4-5-16-10(14)7-13-11(15)9(12)6-8(2)3/h4,8-9H,1,5-7,12H2,2-3H3,(H,13,15)/t9-/m0/s1. The Morgan fingerprint density at radius 2 is 2.12 bits per heavy atom. The van der Waals surface area contributed by atoms with E-state index in [1.165, 1.54) is 6.08 Å². The Kier molecular flexibility index (Phi) is 7.20. The number of esters is 1. The van der Waals surface area contributed by atoms with Crippen molar-refractivity contribution in [3.63, 3.8) is 0 Å². The lowest BCUT2D eigenvalue weighted by Gasteiger charge is -2.13. The number of hydrogen-bond acceptors (Lipinski definition) is 4. The summed E-state index contributed by atoms with van der Waals surface area (Å²) in [6, 6.07) is -0.577. The molecule has 0 fully saturated rings. The Labute approximate surface area is 96.0 Å². The van der Waals surface area contributed by atoms with Crippen LogP contribution in [0.15, 0.2) is 12.7 Å². The third kappa shape index (κ3) is 7.00. The molecular formula is C11H20N2O3. The summed E-state index contributed by atoms with van der Waals surface area (Å²) < 4.78 is 4.69. The van der Waals surface area contributed by atoms with Gasteiger partial charge in [-0.2, -0.15) is 0 Å². The van der Waals surface area contributed by atoms with Crippen molar-refractivity contribution in [3.8, 4) is 0 Å². The number of nitrogens with two attached hydrogens (primary N) is 1. The van der Waals surface area contributed by atoms with Gasteiger partial charge in [0.05, 0.1) is 6.04 Å². The van der Waals surface area contributed by atoms with Crippen LogP contribution in [0.4, 0.5) is 0 Å². The zero-order chi connectivity index (χ0) is 12.6. The van der Waals surface area contributed by atoms with Gasteiger partial charge in [-0.05, 0) is 12.3 Å². The Bertz CT molecular complexity index is 252. The summed E-state index contributed by atoms with van der Waals surface area (Å²) in [6.45, 7) is 7.35. The highest BCUT2D eigenvalue weighted by molar-refractivity contribution is 5.85. The highest BCUT2D eigenvalue weighted by atomic mass is 16.5. The zero-order valence-electron chi connectivity index (χ0n) is 9.86. The van der Waals surface area contributed by atoms with Gasteiger partial charge >= 0.3 is 5.97 Å². The molecule has 1 atom stereocenters. The minimum Gasteiger partial charge on any atom is -0.460 e. The highest BCUT2D eigenvalue weighted by Crippen LogP contribution is 2.02. The maximum atomic E-state index is 11.4. The van der Waals surface area contributed by atoms with E-state index in [1.54, 1.807) is 0 Å². The van der Waals surface area contributed by atoms with E-state index in [0.717, 1.165) is 0 Å². The molecule has 0 rings (SSSR count).